The first kappa shape index (κ1) is 9.52. The summed E-state index contributed by atoms with van der Waals surface area (Å²) in [5.41, 5.74) is 0.974. The fourth-order valence-electron chi connectivity index (χ4n) is 1.35. The Balaban J connectivity index is 2.03. The molecule has 74 valence electrons. The van der Waals surface area contributed by atoms with E-state index >= 15 is 0 Å². The first-order chi connectivity index (χ1) is 6.75. The summed E-state index contributed by atoms with van der Waals surface area (Å²) in [6.07, 6.45) is 0. The molecule has 1 amide bonds. The monoisotopic (exact) mass is 211 g/mol. The minimum absolute atomic E-state index is 0.166. The Bertz CT molecular complexity index is 338. The number of carbonyl (C=O) groups is 1. The van der Waals surface area contributed by atoms with Crippen LogP contribution < -0.4 is 0 Å². The second kappa shape index (κ2) is 4.00. The summed E-state index contributed by atoms with van der Waals surface area (Å²) >= 11 is 1.61. The Labute approximate surface area is 86.1 Å². The van der Waals surface area contributed by atoms with Gasteiger partial charge in [-0.2, -0.15) is 0 Å². The van der Waals surface area contributed by atoms with E-state index < -0.39 is 0 Å². The second-order valence-electron chi connectivity index (χ2n) is 3.20. The summed E-state index contributed by atoms with van der Waals surface area (Å²) in [6.45, 7) is 0.589. The van der Waals surface area contributed by atoms with E-state index in [-0.39, 0.29) is 11.7 Å². The zero-order chi connectivity index (χ0) is 9.97. The lowest BCUT2D eigenvalue weighted by molar-refractivity contribution is -0.127. The zero-order valence-electron chi connectivity index (χ0n) is 7.57. The van der Waals surface area contributed by atoms with Gasteiger partial charge in [0.1, 0.15) is 5.82 Å². The molecule has 0 N–H and O–H groups in total. The summed E-state index contributed by atoms with van der Waals surface area (Å²) in [4.78, 5) is 13.1. The third-order valence-corrected chi connectivity index (χ3v) is 3.06. The van der Waals surface area contributed by atoms with Crippen LogP contribution in [0.2, 0.25) is 0 Å². The summed E-state index contributed by atoms with van der Waals surface area (Å²) in [7, 11) is 0. The first-order valence-electron chi connectivity index (χ1n) is 4.35. The third-order valence-electron chi connectivity index (χ3n) is 2.11. The van der Waals surface area contributed by atoms with Crippen molar-refractivity contribution in [2.24, 2.45) is 0 Å². The fraction of sp³-hybridized carbons (Fsp3) is 0.300. The molecule has 4 heteroatoms. The predicted octanol–water partition coefficient (Wildman–Crippen LogP) is 1.86. The second-order valence-corrected chi connectivity index (χ2v) is 4.15. The smallest absolute Gasteiger partial charge is 0.233 e. The molecule has 2 nitrogen and oxygen atoms in total. The molecule has 1 aliphatic rings. The van der Waals surface area contributed by atoms with Gasteiger partial charge in [0.05, 0.1) is 11.6 Å². The average molecular weight is 211 g/mol. The van der Waals surface area contributed by atoms with Crippen LogP contribution in [0.4, 0.5) is 4.39 Å². The van der Waals surface area contributed by atoms with Crippen LogP contribution in [0.5, 0.6) is 0 Å². The molecule has 2 rings (SSSR count). The van der Waals surface area contributed by atoms with Crippen LogP contribution in [0, 0.1) is 5.82 Å². The number of halogens is 1. The molecule has 1 aromatic rings. The van der Waals surface area contributed by atoms with Gasteiger partial charge in [-0.1, -0.05) is 12.1 Å². The average Bonchev–Trinajstić information content (AvgIpc) is 2.56. The van der Waals surface area contributed by atoms with Crippen LogP contribution in [-0.2, 0) is 11.3 Å². The SMILES string of the molecule is O=C1CSCN1Cc1ccc(F)cc1. The van der Waals surface area contributed by atoms with Crippen molar-refractivity contribution in [1.82, 2.24) is 4.90 Å². The van der Waals surface area contributed by atoms with Gasteiger partial charge in [-0.05, 0) is 17.7 Å². The van der Waals surface area contributed by atoms with E-state index in [0.717, 1.165) is 11.4 Å². The molecule has 1 heterocycles. The number of benzene rings is 1. The zero-order valence-corrected chi connectivity index (χ0v) is 8.39. The normalized spacial score (nSPS) is 16.4. The predicted molar refractivity (Wildman–Crippen MR) is 54.3 cm³/mol. The Morgan fingerprint density at radius 3 is 2.64 bits per heavy atom. The van der Waals surface area contributed by atoms with Gasteiger partial charge in [0.2, 0.25) is 5.91 Å². The molecule has 1 saturated heterocycles. The Morgan fingerprint density at radius 1 is 1.36 bits per heavy atom. The van der Waals surface area contributed by atoms with E-state index in [1.54, 1.807) is 28.8 Å². The van der Waals surface area contributed by atoms with Crippen LogP contribution in [0.15, 0.2) is 24.3 Å². The van der Waals surface area contributed by atoms with E-state index in [1.807, 2.05) is 0 Å². The number of rotatable bonds is 2. The molecule has 0 bridgehead atoms. The molecule has 0 spiro atoms. The minimum atomic E-state index is -0.240. The number of nitrogens with zero attached hydrogens (tertiary/aromatic N) is 1. The summed E-state index contributed by atoms with van der Waals surface area (Å²) in [5, 5.41) is 0. The van der Waals surface area contributed by atoms with Crippen molar-refractivity contribution in [2.75, 3.05) is 11.6 Å². The van der Waals surface area contributed by atoms with Crippen molar-refractivity contribution < 1.29 is 9.18 Å². The van der Waals surface area contributed by atoms with Crippen LogP contribution >= 0.6 is 11.8 Å². The lowest BCUT2D eigenvalue weighted by atomic mass is 10.2. The van der Waals surface area contributed by atoms with Gasteiger partial charge in [-0.25, -0.2) is 4.39 Å². The summed E-state index contributed by atoms with van der Waals surface area (Å²) in [5.74, 6) is 1.24. The van der Waals surface area contributed by atoms with Crippen LogP contribution in [-0.4, -0.2) is 22.4 Å². The van der Waals surface area contributed by atoms with E-state index in [9.17, 15) is 9.18 Å². The molecule has 0 unspecified atom stereocenters. The van der Waals surface area contributed by atoms with Gasteiger partial charge >= 0.3 is 0 Å². The number of thioether (sulfide) groups is 1. The molecule has 0 radical (unpaired) electrons. The largest absolute Gasteiger partial charge is 0.328 e. The van der Waals surface area contributed by atoms with Crippen LogP contribution in [0.25, 0.3) is 0 Å². The summed E-state index contributed by atoms with van der Waals surface area (Å²) in [6, 6.07) is 6.27. The van der Waals surface area contributed by atoms with E-state index in [1.165, 1.54) is 12.1 Å². The molecule has 0 aliphatic carbocycles. The van der Waals surface area contributed by atoms with E-state index in [4.69, 9.17) is 0 Å². The van der Waals surface area contributed by atoms with Crippen molar-refractivity contribution in [3.63, 3.8) is 0 Å². The molecule has 0 atom stereocenters. The lowest BCUT2D eigenvalue weighted by Gasteiger charge is -2.14. The van der Waals surface area contributed by atoms with Gasteiger partial charge in [-0.3, -0.25) is 4.79 Å². The van der Waals surface area contributed by atoms with Crippen molar-refractivity contribution >= 4 is 17.7 Å². The number of amides is 1. The molecule has 0 saturated carbocycles. The van der Waals surface area contributed by atoms with Crippen molar-refractivity contribution in [3.05, 3.63) is 35.6 Å². The van der Waals surface area contributed by atoms with Gasteiger partial charge in [0.15, 0.2) is 0 Å². The topological polar surface area (TPSA) is 20.3 Å². The molecule has 14 heavy (non-hydrogen) atoms. The maximum absolute atomic E-state index is 12.6. The van der Waals surface area contributed by atoms with Crippen molar-refractivity contribution in [2.45, 2.75) is 6.54 Å². The number of hydrogen-bond acceptors (Lipinski definition) is 2. The van der Waals surface area contributed by atoms with Crippen molar-refractivity contribution in [1.29, 1.82) is 0 Å². The maximum atomic E-state index is 12.6. The highest BCUT2D eigenvalue weighted by atomic mass is 32.2. The molecule has 0 aromatic heterocycles. The molecule has 1 fully saturated rings. The van der Waals surface area contributed by atoms with Gasteiger partial charge in [-0.15, -0.1) is 11.8 Å². The van der Waals surface area contributed by atoms with E-state index in [0.29, 0.717) is 12.3 Å². The highest BCUT2D eigenvalue weighted by Crippen LogP contribution is 2.17. The third kappa shape index (κ3) is 2.07. The van der Waals surface area contributed by atoms with Gasteiger partial charge in [0, 0.05) is 6.54 Å². The molecular formula is C10H10FNOS. The Kier molecular flexibility index (Phi) is 2.72. The Hall–Kier alpha value is -1.03. The fourth-order valence-corrected chi connectivity index (χ4v) is 2.25. The quantitative estimate of drug-likeness (QED) is 0.744. The van der Waals surface area contributed by atoms with Crippen LogP contribution in [0.3, 0.4) is 0 Å². The molecular weight excluding hydrogens is 201 g/mol. The number of hydrogen-bond donors (Lipinski definition) is 0. The minimum Gasteiger partial charge on any atom is -0.328 e. The van der Waals surface area contributed by atoms with Crippen LogP contribution in [0.1, 0.15) is 5.56 Å². The standard InChI is InChI=1S/C10H10FNOS/c11-9-3-1-8(2-4-9)5-12-7-14-6-10(12)13/h1-4H,5-7H2. The Morgan fingerprint density at radius 2 is 2.07 bits per heavy atom. The first-order valence-corrected chi connectivity index (χ1v) is 5.51. The molecule has 1 aliphatic heterocycles. The number of carbonyl (C=O) groups excluding carboxylic acids is 1. The summed E-state index contributed by atoms with van der Waals surface area (Å²) < 4.78 is 12.6. The van der Waals surface area contributed by atoms with Crippen molar-refractivity contribution in [3.8, 4) is 0 Å². The lowest BCUT2D eigenvalue weighted by Crippen LogP contribution is -2.24. The maximum Gasteiger partial charge on any atom is 0.233 e. The highest BCUT2D eigenvalue weighted by Gasteiger charge is 2.20. The van der Waals surface area contributed by atoms with E-state index in [2.05, 4.69) is 0 Å². The van der Waals surface area contributed by atoms with Gasteiger partial charge in [0.25, 0.3) is 0 Å². The van der Waals surface area contributed by atoms with Gasteiger partial charge < -0.3 is 4.90 Å². The molecule has 1 aromatic carbocycles. The highest BCUT2D eigenvalue weighted by molar-refractivity contribution is 8.00.